The first-order valence-corrected chi connectivity index (χ1v) is 12.3. The number of hydrogen-bond donors (Lipinski definition) is 2. The fourth-order valence-corrected chi connectivity index (χ4v) is 4.64. The molecule has 0 bridgehead atoms. The molecule has 194 valence electrons. The summed E-state index contributed by atoms with van der Waals surface area (Å²) in [4.78, 5) is 35.3. The molecule has 1 saturated carbocycles. The second kappa shape index (κ2) is 10.3. The fraction of sp³-hybridized carbons (Fsp3) is 0.609. The molecule has 1 aliphatic carbocycles. The molecule has 4 heterocycles. The van der Waals surface area contributed by atoms with Gasteiger partial charge in [-0.3, -0.25) is 0 Å². The SMILES string of the molecule is C[C@H]1COCCN1c1nc(OC2CC(N(C)C(=O)N3CCNCC3)C2)c(F)c(-c2cnc(N)nc2)n1. The highest BCUT2D eigenvalue weighted by molar-refractivity contribution is 5.74. The minimum absolute atomic E-state index is 0.0161. The molecule has 0 spiro atoms. The smallest absolute Gasteiger partial charge is 0.320 e. The van der Waals surface area contributed by atoms with Crippen molar-refractivity contribution in [3.63, 3.8) is 0 Å². The number of nitrogens with one attached hydrogen (secondary N) is 1. The summed E-state index contributed by atoms with van der Waals surface area (Å²) in [6.45, 7) is 6.62. The number of ether oxygens (including phenoxy) is 2. The van der Waals surface area contributed by atoms with Crippen molar-refractivity contribution < 1.29 is 18.7 Å². The molecule has 2 aliphatic heterocycles. The van der Waals surface area contributed by atoms with Crippen molar-refractivity contribution in [1.29, 1.82) is 0 Å². The van der Waals surface area contributed by atoms with Gasteiger partial charge in [-0.1, -0.05) is 0 Å². The van der Waals surface area contributed by atoms with E-state index in [1.165, 1.54) is 12.4 Å². The first-order chi connectivity index (χ1) is 17.4. The zero-order valence-electron chi connectivity index (χ0n) is 20.6. The van der Waals surface area contributed by atoms with Gasteiger partial charge in [-0.2, -0.15) is 9.37 Å². The van der Waals surface area contributed by atoms with Gasteiger partial charge in [0.1, 0.15) is 11.8 Å². The molecular weight excluding hydrogens is 469 g/mol. The summed E-state index contributed by atoms with van der Waals surface area (Å²) in [6, 6.07) is 0.0682. The Bertz CT molecular complexity index is 1080. The largest absolute Gasteiger partial charge is 0.472 e. The van der Waals surface area contributed by atoms with Crippen LogP contribution in [0, 0.1) is 5.82 Å². The van der Waals surface area contributed by atoms with Gasteiger partial charge in [0.05, 0.1) is 19.3 Å². The quantitative estimate of drug-likeness (QED) is 0.604. The molecule has 2 aromatic heterocycles. The monoisotopic (exact) mass is 501 g/mol. The molecular formula is C23H32FN9O3. The molecule has 36 heavy (non-hydrogen) atoms. The van der Waals surface area contributed by atoms with E-state index in [1.54, 1.807) is 4.90 Å². The van der Waals surface area contributed by atoms with E-state index in [0.717, 1.165) is 13.1 Å². The summed E-state index contributed by atoms with van der Waals surface area (Å²) in [7, 11) is 1.81. The summed E-state index contributed by atoms with van der Waals surface area (Å²) in [5.41, 5.74) is 6.04. The van der Waals surface area contributed by atoms with Gasteiger partial charge in [-0.15, -0.1) is 0 Å². The minimum atomic E-state index is -0.679. The lowest BCUT2D eigenvalue weighted by Crippen LogP contribution is -2.56. The lowest BCUT2D eigenvalue weighted by molar-refractivity contribution is 0.0295. The lowest BCUT2D eigenvalue weighted by Gasteiger charge is -2.43. The van der Waals surface area contributed by atoms with Crippen LogP contribution in [0.2, 0.25) is 0 Å². The number of halogens is 1. The Balaban J connectivity index is 1.33. The van der Waals surface area contributed by atoms with Gasteiger partial charge in [0.25, 0.3) is 5.88 Å². The number of aromatic nitrogens is 4. The van der Waals surface area contributed by atoms with Crippen LogP contribution in [0.15, 0.2) is 12.4 Å². The summed E-state index contributed by atoms with van der Waals surface area (Å²) < 4.78 is 27.2. The number of rotatable bonds is 5. The summed E-state index contributed by atoms with van der Waals surface area (Å²) in [6.07, 6.45) is 3.80. The van der Waals surface area contributed by atoms with Crippen LogP contribution in [0.1, 0.15) is 19.8 Å². The molecule has 2 aromatic rings. The van der Waals surface area contributed by atoms with Crippen LogP contribution in [0.4, 0.5) is 21.1 Å². The van der Waals surface area contributed by atoms with Crippen molar-refractivity contribution in [3.05, 3.63) is 18.2 Å². The summed E-state index contributed by atoms with van der Waals surface area (Å²) in [5, 5.41) is 3.25. The Morgan fingerprint density at radius 3 is 2.64 bits per heavy atom. The number of carbonyl (C=O) groups is 1. The van der Waals surface area contributed by atoms with Crippen molar-refractivity contribution >= 4 is 17.9 Å². The van der Waals surface area contributed by atoms with E-state index < -0.39 is 5.82 Å². The van der Waals surface area contributed by atoms with Crippen molar-refractivity contribution in [1.82, 2.24) is 35.1 Å². The minimum Gasteiger partial charge on any atom is -0.472 e. The number of piperazine rings is 1. The van der Waals surface area contributed by atoms with Gasteiger partial charge in [-0.25, -0.2) is 19.7 Å². The number of nitrogen functional groups attached to an aromatic ring is 1. The van der Waals surface area contributed by atoms with E-state index in [2.05, 4.69) is 25.3 Å². The Morgan fingerprint density at radius 2 is 1.94 bits per heavy atom. The molecule has 12 nitrogen and oxygen atoms in total. The van der Waals surface area contributed by atoms with E-state index in [-0.39, 0.29) is 41.7 Å². The average Bonchev–Trinajstić information content (AvgIpc) is 2.87. The van der Waals surface area contributed by atoms with Gasteiger partial charge in [0, 0.05) is 76.6 Å². The molecule has 5 rings (SSSR count). The average molecular weight is 502 g/mol. The maximum absolute atomic E-state index is 15.6. The van der Waals surface area contributed by atoms with Gasteiger partial charge >= 0.3 is 6.03 Å². The molecule has 1 atom stereocenters. The number of hydrogen-bond acceptors (Lipinski definition) is 10. The Kier molecular flexibility index (Phi) is 7.01. The summed E-state index contributed by atoms with van der Waals surface area (Å²) >= 11 is 0. The first-order valence-electron chi connectivity index (χ1n) is 12.3. The number of urea groups is 1. The molecule has 3 fully saturated rings. The van der Waals surface area contributed by atoms with Crippen LogP contribution < -0.4 is 20.7 Å². The number of amides is 2. The Labute approximate surface area is 209 Å². The van der Waals surface area contributed by atoms with Crippen LogP contribution in [0.5, 0.6) is 5.88 Å². The van der Waals surface area contributed by atoms with Crippen molar-refractivity contribution in [3.8, 4) is 17.1 Å². The second-order valence-electron chi connectivity index (χ2n) is 9.43. The van der Waals surface area contributed by atoms with Gasteiger partial charge in [0.2, 0.25) is 17.7 Å². The topological polar surface area (TPSA) is 135 Å². The molecule has 3 aliphatic rings. The maximum Gasteiger partial charge on any atom is 0.320 e. The zero-order valence-corrected chi connectivity index (χ0v) is 20.6. The maximum atomic E-state index is 15.6. The third kappa shape index (κ3) is 4.98. The van der Waals surface area contributed by atoms with E-state index in [1.807, 2.05) is 23.8 Å². The van der Waals surface area contributed by atoms with Gasteiger partial charge in [-0.05, 0) is 6.92 Å². The van der Waals surface area contributed by atoms with Crippen LogP contribution in [0.25, 0.3) is 11.3 Å². The van der Waals surface area contributed by atoms with Crippen molar-refractivity contribution in [2.75, 3.05) is 63.6 Å². The normalized spacial score (nSPS) is 24.2. The predicted molar refractivity (Wildman–Crippen MR) is 130 cm³/mol. The molecule has 2 saturated heterocycles. The van der Waals surface area contributed by atoms with Gasteiger partial charge < -0.3 is 35.2 Å². The highest BCUT2D eigenvalue weighted by Crippen LogP contribution is 2.34. The molecule has 0 radical (unpaired) electrons. The standard InChI is InChI=1S/C23H32FN9O3/c1-14-13-35-8-7-33(14)22-29-19(15-11-27-21(25)28-12-15)18(24)20(30-22)36-17-9-16(10-17)31(2)23(34)32-5-3-26-4-6-32/h11-12,14,16-17,26H,3-10,13H2,1-2H3,(H2,25,27,28)/t14-,16?,17?/m0/s1. The number of nitrogens with two attached hydrogens (primary N) is 1. The summed E-state index contributed by atoms with van der Waals surface area (Å²) in [5.74, 6) is -0.352. The van der Waals surface area contributed by atoms with E-state index >= 15 is 4.39 Å². The number of anilines is 2. The Hall–Kier alpha value is -3.32. The highest BCUT2D eigenvalue weighted by atomic mass is 19.1. The lowest BCUT2D eigenvalue weighted by atomic mass is 9.88. The van der Waals surface area contributed by atoms with E-state index in [4.69, 9.17) is 15.2 Å². The van der Waals surface area contributed by atoms with Crippen LogP contribution in [0.3, 0.4) is 0 Å². The molecule has 0 unspecified atom stereocenters. The van der Waals surface area contributed by atoms with Crippen LogP contribution in [-0.2, 0) is 4.74 Å². The molecule has 3 N–H and O–H groups in total. The first kappa shape index (κ1) is 24.4. The predicted octanol–water partition coefficient (Wildman–Crippen LogP) is 0.747. The second-order valence-corrected chi connectivity index (χ2v) is 9.43. The highest BCUT2D eigenvalue weighted by Gasteiger charge is 2.38. The van der Waals surface area contributed by atoms with Crippen molar-refractivity contribution in [2.45, 2.75) is 38.0 Å². The van der Waals surface area contributed by atoms with Crippen molar-refractivity contribution in [2.24, 2.45) is 0 Å². The molecule has 0 aromatic carbocycles. The number of nitrogens with zero attached hydrogens (tertiary/aromatic N) is 7. The van der Waals surface area contributed by atoms with Crippen LogP contribution >= 0.6 is 0 Å². The third-order valence-corrected chi connectivity index (χ3v) is 6.96. The zero-order chi connectivity index (χ0) is 25.2. The molecule has 2 amide bonds. The van der Waals surface area contributed by atoms with E-state index in [0.29, 0.717) is 57.2 Å². The number of carbonyl (C=O) groups excluding carboxylic acids is 1. The fourth-order valence-electron chi connectivity index (χ4n) is 4.64. The van der Waals surface area contributed by atoms with Gasteiger partial charge in [0.15, 0.2) is 0 Å². The molecule has 13 heteroatoms. The third-order valence-electron chi connectivity index (χ3n) is 6.96. The Morgan fingerprint density at radius 1 is 1.22 bits per heavy atom. The van der Waals surface area contributed by atoms with E-state index in [9.17, 15) is 4.79 Å². The van der Waals surface area contributed by atoms with Crippen LogP contribution in [-0.4, -0.2) is 107 Å². The number of morpholine rings is 1.